The van der Waals surface area contributed by atoms with Crippen LogP contribution in [0.3, 0.4) is 0 Å². The first-order valence-corrected chi connectivity index (χ1v) is 4.77. The second-order valence-electron chi connectivity index (χ2n) is 2.54. The van der Waals surface area contributed by atoms with E-state index in [1.54, 1.807) is 11.9 Å². The molecule has 0 saturated carbocycles. The van der Waals surface area contributed by atoms with Gasteiger partial charge in [-0.15, -0.1) is 0 Å². The zero-order valence-corrected chi connectivity index (χ0v) is 9.09. The van der Waals surface area contributed by atoms with Crippen LogP contribution in [0, 0.1) is 11.6 Å². The van der Waals surface area contributed by atoms with E-state index in [9.17, 15) is 8.78 Å². The first kappa shape index (κ1) is 10.7. The smallest absolute Gasteiger partial charge is 0.160 e. The lowest BCUT2D eigenvalue weighted by atomic mass is 10.1. The molecular formula is C9H6BrClF2. The van der Waals surface area contributed by atoms with E-state index in [1.807, 2.05) is 0 Å². The summed E-state index contributed by atoms with van der Waals surface area (Å²) in [7, 11) is 0. The summed E-state index contributed by atoms with van der Waals surface area (Å²) in [6.45, 7) is 1.74. The standard InChI is InChI=1S/C9H6BrClF2/c1-5(4-10)6-2-8(12)9(13)3-7(6)11/h2-4H,1H3/b5-4+. The third-order valence-electron chi connectivity index (χ3n) is 1.60. The summed E-state index contributed by atoms with van der Waals surface area (Å²) in [6.07, 6.45) is 0. The number of allylic oxidation sites excluding steroid dienone is 1. The van der Waals surface area contributed by atoms with Crippen molar-refractivity contribution < 1.29 is 8.78 Å². The summed E-state index contributed by atoms with van der Waals surface area (Å²) in [5, 5.41) is 0.201. The Bertz CT molecular complexity index is 361. The zero-order valence-electron chi connectivity index (χ0n) is 6.74. The molecular weight excluding hydrogens is 261 g/mol. The largest absolute Gasteiger partial charge is 0.204 e. The van der Waals surface area contributed by atoms with Crippen molar-refractivity contribution in [3.8, 4) is 0 Å². The SMILES string of the molecule is C/C(=C\Br)c1cc(F)c(F)cc1Cl. The van der Waals surface area contributed by atoms with Gasteiger partial charge in [0.2, 0.25) is 0 Å². The molecule has 1 aromatic carbocycles. The molecule has 0 bridgehead atoms. The Kier molecular flexibility index (Phi) is 3.45. The van der Waals surface area contributed by atoms with Crippen molar-refractivity contribution in [1.29, 1.82) is 0 Å². The van der Waals surface area contributed by atoms with Crippen molar-refractivity contribution in [2.24, 2.45) is 0 Å². The van der Waals surface area contributed by atoms with Gasteiger partial charge in [0.05, 0.1) is 5.02 Å². The summed E-state index contributed by atoms with van der Waals surface area (Å²) >= 11 is 8.80. The van der Waals surface area contributed by atoms with E-state index in [0.29, 0.717) is 5.56 Å². The lowest BCUT2D eigenvalue weighted by Gasteiger charge is -2.04. The highest BCUT2D eigenvalue weighted by atomic mass is 79.9. The molecule has 0 aliphatic rings. The predicted octanol–water partition coefficient (Wildman–Crippen LogP) is 4.37. The molecule has 0 saturated heterocycles. The molecule has 0 heterocycles. The van der Waals surface area contributed by atoms with Gasteiger partial charge < -0.3 is 0 Å². The van der Waals surface area contributed by atoms with Crippen molar-refractivity contribution in [3.05, 3.63) is 39.3 Å². The van der Waals surface area contributed by atoms with Crippen LogP contribution in [-0.4, -0.2) is 0 Å². The lowest BCUT2D eigenvalue weighted by molar-refractivity contribution is 0.508. The van der Waals surface area contributed by atoms with Crippen LogP contribution in [0.15, 0.2) is 17.1 Å². The van der Waals surface area contributed by atoms with Gasteiger partial charge in [0.1, 0.15) is 0 Å². The number of halogens is 4. The van der Waals surface area contributed by atoms with Crippen LogP contribution in [0.5, 0.6) is 0 Å². The van der Waals surface area contributed by atoms with E-state index in [1.165, 1.54) is 0 Å². The first-order valence-electron chi connectivity index (χ1n) is 3.48. The molecule has 0 aliphatic carbocycles. The molecule has 0 nitrogen and oxygen atoms in total. The maximum atomic E-state index is 12.8. The third kappa shape index (κ3) is 2.29. The minimum absolute atomic E-state index is 0.201. The molecule has 4 heteroatoms. The number of benzene rings is 1. The van der Waals surface area contributed by atoms with Gasteiger partial charge in [0.25, 0.3) is 0 Å². The summed E-state index contributed by atoms with van der Waals surface area (Å²) in [5.41, 5.74) is 1.22. The minimum Gasteiger partial charge on any atom is -0.204 e. The highest BCUT2D eigenvalue weighted by molar-refractivity contribution is 9.11. The molecule has 0 fully saturated rings. The van der Waals surface area contributed by atoms with E-state index < -0.39 is 11.6 Å². The van der Waals surface area contributed by atoms with Gasteiger partial charge in [-0.3, -0.25) is 0 Å². The predicted molar refractivity (Wildman–Crippen MR) is 53.9 cm³/mol. The first-order chi connectivity index (χ1) is 6.06. The summed E-state index contributed by atoms with van der Waals surface area (Å²) in [6, 6.07) is 2.04. The van der Waals surface area contributed by atoms with Crippen molar-refractivity contribution >= 4 is 33.1 Å². The van der Waals surface area contributed by atoms with E-state index in [-0.39, 0.29) is 5.02 Å². The average molecular weight is 268 g/mol. The van der Waals surface area contributed by atoms with Gasteiger partial charge in [0.15, 0.2) is 11.6 Å². The highest BCUT2D eigenvalue weighted by Crippen LogP contribution is 2.26. The van der Waals surface area contributed by atoms with Crippen LogP contribution < -0.4 is 0 Å². The Morgan fingerprint density at radius 2 is 1.92 bits per heavy atom. The van der Waals surface area contributed by atoms with Crippen LogP contribution in [0.1, 0.15) is 12.5 Å². The minimum atomic E-state index is -0.934. The van der Waals surface area contributed by atoms with Gasteiger partial charge in [0, 0.05) is 0 Å². The van der Waals surface area contributed by atoms with E-state index in [0.717, 1.165) is 17.7 Å². The Balaban J connectivity index is 3.32. The van der Waals surface area contributed by atoms with Gasteiger partial charge in [-0.05, 0) is 35.2 Å². The zero-order chi connectivity index (χ0) is 10.0. The fourth-order valence-electron chi connectivity index (χ4n) is 0.884. The van der Waals surface area contributed by atoms with Crippen LogP contribution in [0.2, 0.25) is 5.02 Å². The monoisotopic (exact) mass is 266 g/mol. The van der Waals surface area contributed by atoms with Crippen molar-refractivity contribution in [2.45, 2.75) is 6.92 Å². The second kappa shape index (κ2) is 4.20. The van der Waals surface area contributed by atoms with E-state index in [4.69, 9.17) is 11.6 Å². The molecule has 0 radical (unpaired) electrons. The molecule has 13 heavy (non-hydrogen) atoms. The van der Waals surface area contributed by atoms with Crippen LogP contribution >= 0.6 is 27.5 Å². The molecule has 1 aromatic rings. The lowest BCUT2D eigenvalue weighted by Crippen LogP contribution is -1.88. The molecule has 0 aliphatic heterocycles. The summed E-state index contributed by atoms with van der Waals surface area (Å²) < 4.78 is 25.4. The number of hydrogen-bond donors (Lipinski definition) is 0. The maximum Gasteiger partial charge on any atom is 0.160 e. The third-order valence-corrected chi connectivity index (χ3v) is 2.60. The molecule has 70 valence electrons. The summed E-state index contributed by atoms with van der Waals surface area (Å²) in [4.78, 5) is 1.60. The Hall–Kier alpha value is -0.410. The Morgan fingerprint density at radius 1 is 1.38 bits per heavy atom. The maximum absolute atomic E-state index is 12.8. The summed E-state index contributed by atoms with van der Waals surface area (Å²) in [5.74, 6) is -1.83. The molecule has 0 atom stereocenters. The van der Waals surface area contributed by atoms with Crippen LogP contribution in [0.4, 0.5) is 8.78 Å². The topological polar surface area (TPSA) is 0 Å². The van der Waals surface area contributed by atoms with Crippen LogP contribution in [0.25, 0.3) is 5.57 Å². The van der Waals surface area contributed by atoms with Crippen molar-refractivity contribution in [1.82, 2.24) is 0 Å². The Morgan fingerprint density at radius 3 is 2.46 bits per heavy atom. The number of hydrogen-bond acceptors (Lipinski definition) is 0. The quantitative estimate of drug-likeness (QED) is 0.663. The molecule has 0 amide bonds. The average Bonchev–Trinajstić information content (AvgIpc) is 2.10. The molecule has 0 aromatic heterocycles. The molecule has 0 spiro atoms. The van der Waals surface area contributed by atoms with E-state index in [2.05, 4.69) is 15.9 Å². The van der Waals surface area contributed by atoms with Gasteiger partial charge in [-0.2, -0.15) is 0 Å². The molecule has 0 unspecified atom stereocenters. The molecule has 1 rings (SSSR count). The van der Waals surface area contributed by atoms with Crippen molar-refractivity contribution in [2.75, 3.05) is 0 Å². The number of rotatable bonds is 1. The fourth-order valence-corrected chi connectivity index (χ4v) is 1.43. The molecule has 0 N–H and O–H groups in total. The van der Waals surface area contributed by atoms with Gasteiger partial charge >= 0.3 is 0 Å². The van der Waals surface area contributed by atoms with Crippen LogP contribution in [-0.2, 0) is 0 Å². The van der Waals surface area contributed by atoms with E-state index >= 15 is 0 Å². The normalized spacial score (nSPS) is 11.9. The Labute approximate surface area is 88.3 Å². The fraction of sp³-hybridized carbons (Fsp3) is 0.111. The van der Waals surface area contributed by atoms with Crippen molar-refractivity contribution in [3.63, 3.8) is 0 Å². The van der Waals surface area contributed by atoms with Gasteiger partial charge in [-0.1, -0.05) is 27.5 Å². The highest BCUT2D eigenvalue weighted by Gasteiger charge is 2.08. The second-order valence-corrected chi connectivity index (χ2v) is 3.40. The van der Waals surface area contributed by atoms with Gasteiger partial charge in [-0.25, -0.2) is 8.78 Å².